The zero-order valence-electron chi connectivity index (χ0n) is 12.3. The van der Waals surface area contributed by atoms with E-state index in [1.165, 1.54) is 25.7 Å². The smallest absolute Gasteiger partial charge is 0.234 e. The minimum Gasteiger partial charge on any atom is -0.390 e. The molecule has 3 N–H and O–H groups in total. The molecule has 0 spiro atoms. The van der Waals surface area contributed by atoms with E-state index in [1.807, 2.05) is 0 Å². The van der Waals surface area contributed by atoms with Crippen LogP contribution in [0.2, 0.25) is 0 Å². The first-order valence-corrected chi connectivity index (χ1v) is 7.54. The van der Waals surface area contributed by atoms with Crippen LogP contribution in [0.1, 0.15) is 32.6 Å². The molecule has 20 heavy (non-hydrogen) atoms. The predicted octanol–water partition coefficient (Wildman–Crippen LogP) is 0.369. The van der Waals surface area contributed by atoms with Crippen molar-refractivity contribution in [2.75, 3.05) is 32.7 Å². The lowest BCUT2D eigenvalue weighted by molar-refractivity contribution is -0.120. The van der Waals surface area contributed by atoms with E-state index in [4.69, 9.17) is 0 Å². The third kappa shape index (κ3) is 6.88. The maximum atomic E-state index is 11.5. The number of aliphatic hydroxyl groups excluding tert-OH is 1. The van der Waals surface area contributed by atoms with Crippen molar-refractivity contribution in [2.45, 2.75) is 44.8 Å². The lowest BCUT2D eigenvalue weighted by Gasteiger charge is -2.31. The van der Waals surface area contributed by atoms with Crippen molar-refractivity contribution >= 4 is 18.3 Å². The first kappa shape index (κ1) is 17.7. The summed E-state index contributed by atoms with van der Waals surface area (Å²) in [6.45, 7) is 5.81. The minimum absolute atomic E-state index is 0. The Morgan fingerprint density at radius 3 is 2.55 bits per heavy atom. The van der Waals surface area contributed by atoms with Crippen LogP contribution in [-0.2, 0) is 4.79 Å². The van der Waals surface area contributed by atoms with E-state index in [0.29, 0.717) is 25.7 Å². The van der Waals surface area contributed by atoms with E-state index >= 15 is 0 Å². The molecule has 1 amide bonds. The molecule has 1 atom stereocenters. The second kappa shape index (κ2) is 8.82. The minimum atomic E-state index is -0.460. The molecule has 1 aliphatic heterocycles. The third-order valence-corrected chi connectivity index (χ3v) is 4.01. The Bertz CT molecular complexity index is 292. The van der Waals surface area contributed by atoms with Gasteiger partial charge in [0.2, 0.25) is 5.91 Å². The van der Waals surface area contributed by atoms with Gasteiger partial charge < -0.3 is 20.6 Å². The van der Waals surface area contributed by atoms with E-state index in [9.17, 15) is 9.90 Å². The molecule has 0 bridgehead atoms. The molecule has 5 nitrogen and oxygen atoms in total. The summed E-state index contributed by atoms with van der Waals surface area (Å²) in [5, 5.41) is 15.9. The van der Waals surface area contributed by atoms with E-state index in [-0.39, 0.29) is 18.3 Å². The second-order valence-electron chi connectivity index (χ2n) is 6.10. The number of amides is 1. The van der Waals surface area contributed by atoms with Gasteiger partial charge in [0.05, 0.1) is 12.6 Å². The van der Waals surface area contributed by atoms with Crippen LogP contribution >= 0.6 is 12.4 Å². The van der Waals surface area contributed by atoms with Crippen LogP contribution < -0.4 is 10.6 Å². The first-order valence-electron chi connectivity index (χ1n) is 7.54. The van der Waals surface area contributed by atoms with Crippen molar-refractivity contribution in [1.29, 1.82) is 0 Å². The van der Waals surface area contributed by atoms with Crippen LogP contribution in [0.25, 0.3) is 0 Å². The number of nitrogens with one attached hydrogen (secondary N) is 2. The summed E-state index contributed by atoms with van der Waals surface area (Å²) in [4.78, 5) is 13.8. The second-order valence-corrected chi connectivity index (χ2v) is 6.10. The molecule has 2 rings (SSSR count). The van der Waals surface area contributed by atoms with Gasteiger partial charge in [-0.2, -0.15) is 0 Å². The number of carbonyl (C=O) groups excluding carboxylic acids is 1. The summed E-state index contributed by atoms with van der Waals surface area (Å²) in [6.07, 6.45) is 4.33. The van der Waals surface area contributed by atoms with Gasteiger partial charge in [-0.25, -0.2) is 0 Å². The Morgan fingerprint density at radius 1 is 1.30 bits per heavy atom. The Morgan fingerprint density at radius 2 is 1.95 bits per heavy atom. The van der Waals surface area contributed by atoms with E-state index in [0.717, 1.165) is 19.0 Å². The van der Waals surface area contributed by atoms with Gasteiger partial charge in [0, 0.05) is 19.1 Å². The van der Waals surface area contributed by atoms with Gasteiger partial charge in [0.15, 0.2) is 0 Å². The molecular formula is C14H28ClN3O2. The number of nitrogens with zero attached hydrogens (tertiary/aromatic N) is 1. The van der Waals surface area contributed by atoms with E-state index < -0.39 is 6.10 Å². The van der Waals surface area contributed by atoms with E-state index in [2.05, 4.69) is 22.5 Å². The monoisotopic (exact) mass is 305 g/mol. The molecule has 0 aromatic carbocycles. The molecule has 0 aromatic rings. The van der Waals surface area contributed by atoms with Crippen molar-refractivity contribution < 1.29 is 9.90 Å². The number of likely N-dealkylation sites (tertiary alicyclic amines) is 1. The average molecular weight is 306 g/mol. The molecule has 1 heterocycles. The largest absolute Gasteiger partial charge is 0.390 e. The van der Waals surface area contributed by atoms with Crippen molar-refractivity contribution in [3.05, 3.63) is 0 Å². The normalized spacial score (nSPS) is 22.1. The van der Waals surface area contributed by atoms with Gasteiger partial charge >= 0.3 is 0 Å². The Labute approximate surface area is 127 Å². The molecule has 1 saturated heterocycles. The Kier molecular flexibility index (Phi) is 7.80. The van der Waals surface area contributed by atoms with Gasteiger partial charge in [-0.3, -0.25) is 4.79 Å². The number of piperidine rings is 1. The number of halogens is 1. The number of hydrogen-bond acceptors (Lipinski definition) is 4. The van der Waals surface area contributed by atoms with Gasteiger partial charge in [-0.1, -0.05) is 6.92 Å². The van der Waals surface area contributed by atoms with Crippen LogP contribution in [0.15, 0.2) is 0 Å². The first-order chi connectivity index (χ1) is 9.13. The third-order valence-electron chi connectivity index (χ3n) is 4.01. The SMILES string of the molecule is CC1CCN(CC(O)CNC(=O)CNC2CC2)CC1.Cl. The van der Waals surface area contributed by atoms with E-state index in [1.54, 1.807) is 0 Å². The lowest BCUT2D eigenvalue weighted by Crippen LogP contribution is -2.44. The molecule has 0 radical (unpaired) electrons. The molecule has 2 aliphatic rings. The van der Waals surface area contributed by atoms with Gasteiger partial charge in [-0.05, 0) is 44.7 Å². The molecule has 1 aliphatic carbocycles. The maximum Gasteiger partial charge on any atom is 0.234 e. The zero-order valence-corrected chi connectivity index (χ0v) is 13.1. The standard InChI is InChI=1S/C14H27N3O2.ClH/c1-11-4-6-17(7-5-11)10-13(18)8-16-14(19)9-15-12-2-3-12;/h11-13,15,18H,2-10H2,1H3,(H,16,19);1H. The molecule has 0 aromatic heterocycles. The highest BCUT2D eigenvalue weighted by atomic mass is 35.5. The average Bonchev–Trinajstić information content (AvgIpc) is 3.21. The van der Waals surface area contributed by atoms with Crippen molar-refractivity contribution in [1.82, 2.24) is 15.5 Å². The Balaban J connectivity index is 0.00000200. The maximum absolute atomic E-state index is 11.5. The number of carbonyl (C=O) groups is 1. The molecular weight excluding hydrogens is 278 g/mol. The predicted molar refractivity (Wildman–Crippen MR) is 82.1 cm³/mol. The van der Waals surface area contributed by atoms with Crippen LogP contribution in [0.3, 0.4) is 0 Å². The van der Waals surface area contributed by atoms with Crippen LogP contribution in [-0.4, -0.2) is 60.8 Å². The molecule has 118 valence electrons. The Hall–Kier alpha value is -0.360. The zero-order chi connectivity index (χ0) is 13.7. The highest BCUT2D eigenvalue weighted by molar-refractivity contribution is 5.85. The molecule has 2 fully saturated rings. The van der Waals surface area contributed by atoms with Crippen molar-refractivity contribution in [3.63, 3.8) is 0 Å². The van der Waals surface area contributed by atoms with Gasteiger partial charge in [0.1, 0.15) is 0 Å². The highest BCUT2D eigenvalue weighted by Crippen LogP contribution is 2.18. The fraction of sp³-hybridized carbons (Fsp3) is 0.929. The summed E-state index contributed by atoms with van der Waals surface area (Å²) in [5.41, 5.74) is 0. The van der Waals surface area contributed by atoms with Crippen molar-refractivity contribution in [2.24, 2.45) is 5.92 Å². The van der Waals surface area contributed by atoms with Crippen LogP contribution in [0.4, 0.5) is 0 Å². The fourth-order valence-electron chi connectivity index (χ4n) is 2.43. The number of β-amino-alcohol motifs (C(OH)–C–C–N with tert-alkyl or cyclic N) is 1. The summed E-state index contributed by atoms with van der Waals surface area (Å²) in [5.74, 6) is 0.791. The van der Waals surface area contributed by atoms with Crippen LogP contribution in [0.5, 0.6) is 0 Å². The highest BCUT2D eigenvalue weighted by Gasteiger charge is 2.21. The summed E-state index contributed by atoms with van der Waals surface area (Å²) in [6, 6.07) is 0.547. The van der Waals surface area contributed by atoms with Gasteiger partial charge in [0.25, 0.3) is 0 Å². The lowest BCUT2D eigenvalue weighted by atomic mass is 9.99. The summed E-state index contributed by atoms with van der Waals surface area (Å²) < 4.78 is 0. The molecule has 1 saturated carbocycles. The number of aliphatic hydroxyl groups is 1. The topological polar surface area (TPSA) is 64.6 Å². The molecule has 1 unspecified atom stereocenters. The molecule has 6 heteroatoms. The fourth-order valence-corrected chi connectivity index (χ4v) is 2.43. The van der Waals surface area contributed by atoms with Gasteiger partial charge in [-0.15, -0.1) is 12.4 Å². The van der Waals surface area contributed by atoms with Crippen molar-refractivity contribution in [3.8, 4) is 0 Å². The summed E-state index contributed by atoms with van der Waals surface area (Å²) >= 11 is 0. The number of rotatable bonds is 7. The number of hydrogen-bond donors (Lipinski definition) is 3. The summed E-state index contributed by atoms with van der Waals surface area (Å²) in [7, 11) is 0. The quantitative estimate of drug-likeness (QED) is 0.636. The van der Waals surface area contributed by atoms with Crippen LogP contribution in [0, 0.1) is 5.92 Å².